The summed E-state index contributed by atoms with van der Waals surface area (Å²) < 4.78 is 12.3. The van der Waals surface area contributed by atoms with E-state index in [0.29, 0.717) is 41.6 Å². The number of hydrogen-bond acceptors (Lipinski definition) is 6. The van der Waals surface area contributed by atoms with Crippen molar-refractivity contribution in [2.75, 3.05) is 23.8 Å². The van der Waals surface area contributed by atoms with Gasteiger partial charge in [-0.15, -0.1) is 0 Å². The highest BCUT2D eigenvalue weighted by Gasteiger charge is 2.80. The Balaban J connectivity index is 1.53. The highest BCUT2D eigenvalue weighted by molar-refractivity contribution is 6.30. The number of aliphatic hydroxyl groups is 1. The smallest absolute Gasteiger partial charge is 0.250 e. The lowest BCUT2D eigenvalue weighted by atomic mass is 9.62. The van der Waals surface area contributed by atoms with E-state index < -0.39 is 41.0 Å². The monoisotopic (exact) mass is 597 g/mol. The molecule has 3 saturated heterocycles. The van der Waals surface area contributed by atoms with Crippen LogP contribution in [0.1, 0.15) is 47.5 Å². The number of aliphatic hydroxyl groups excluding tert-OH is 1. The molecular formula is C32H40ClN3O6. The Morgan fingerprint density at radius 1 is 1.10 bits per heavy atom. The van der Waals surface area contributed by atoms with Gasteiger partial charge in [-0.25, -0.2) is 0 Å². The third-order valence-corrected chi connectivity index (χ3v) is 9.43. The van der Waals surface area contributed by atoms with Crippen molar-refractivity contribution in [1.82, 2.24) is 4.90 Å². The van der Waals surface area contributed by atoms with Crippen LogP contribution in [0.5, 0.6) is 5.75 Å². The lowest BCUT2D eigenvalue weighted by molar-refractivity contribution is -0.148. The molecule has 0 radical (unpaired) electrons. The fourth-order valence-corrected chi connectivity index (χ4v) is 7.48. The maximum atomic E-state index is 14.4. The first-order valence-corrected chi connectivity index (χ1v) is 15.1. The van der Waals surface area contributed by atoms with E-state index in [2.05, 4.69) is 10.6 Å². The molecule has 0 aliphatic carbocycles. The van der Waals surface area contributed by atoms with Gasteiger partial charge in [0.15, 0.2) is 0 Å². The third-order valence-electron chi connectivity index (χ3n) is 9.18. The average molecular weight is 598 g/mol. The number of fused-ring (bicyclic) bond motifs is 1. The van der Waals surface area contributed by atoms with Crippen LogP contribution in [-0.4, -0.2) is 64.2 Å². The molecule has 9 nitrogen and oxygen atoms in total. The first kappa shape index (κ1) is 30.3. The molecule has 3 aliphatic rings. The molecule has 0 saturated carbocycles. The molecule has 3 heterocycles. The number of hydrogen-bond donors (Lipinski definition) is 3. The van der Waals surface area contributed by atoms with Gasteiger partial charge in [0.05, 0.1) is 36.7 Å². The van der Waals surface area contributed by atoms with Gasteiger partial charge in [-0.3, -0.25) is 14.4 Å². The highest BCUT2D eigenvalue weighted by Crippen LogP contribution is 2.65. The van der Waals surface area contributed by atoms with E-state index in [-0.39, 0.29) is 30.3 Å². The molecular weight excluding hydrogens is 558 g/mol. The Hall–Kier alpha value is -3.14. The molecule has 0 aromatic heterocycles. The van der Waals surface area contributed by atoms with Gasteiger partial charge in [0.2, 0.25) is 17.7 Å². The zero-order chi connectivity index (χ0) is 30.4. The second kappa shape index (κ2) is 11.5. The van der Waals surface area contributed by atoms with Gasteiger partial charge < -0.3 is 30.1 Å². The van der Waals surface area contributed by atoms with Crippen LogP contribution in [0.25, 0.3) is 0 Å². The van der Waals surface area contributed by atoms with E-state index in [9.17, 15) is 19.5 Å². The number of amides is 3. The zero-order valence-corrected chi connectivity index (χ0v) is 25.5. The summed E-state index contributed by atoms with van der Waals surface area (Å²) in [5.41, 5.74) is -1.10. The summed E-state index contributed by atoms with van der Waals surface area (Å²) in [5.74, 6) is -2.08. The summed E-state index contributed by atoms with van der Waals surface area (Å²) in [6.07, 6.45) is 0.924. The molecule has 3 aliphatic heterocycles. The van der Waals surface area contributed by atoms with E-state index in [1.165, 1.54) is 4.90 Å². The van der Waals surface area contributed by atoms with E-state index >= 15 is 0 Å². The predicted octanol–water partition coefficient (Wildman–Crippen LogP) is 4.73. The van der Waals surface area contributed by atoms with Gasteiger partial charge in [0.1, 0.15) is 17.4 Å². The van der Waals surface area contributed by atoms with Gasteiger partial charge in [-0.2, -0.15) is 0 Å². The van der Waals surface area contributed by atoms with Crippen molar-refractivity contribution < 1.29 is 29.0 Å². The molecule has 226 valence electrons. The van der Waals surface area contributed by atoms with Gasteiger partial charge in [0.25, 0.3) is 0 Å². The second-order valence-corrected chi connectivity index (χ2v) is 12.8. The number of ether oxygens (including phenoxy) is 2. The summed E-state index contributed by atoms with van der Waals surface area (Å²) in [6.45, 7) is 10.00. The maximum absolute atomic E-state index is 14.4. The minimum Gasteiger partial charge on any atom is -0.494 e. The number of halogens is 1. The van der Waals surface area contributed by atoms with Gasteiger partial charge in [-0.05, 0) is 87.1 Å². The van der Waals surface area contributed by atoms with E-state index in [4.69, 9.17) is 21.1 Å². The van der Waals surface area contributed by atoms with Crippen molar-refractivity contribution in [3.63, 3.8) is 0 Å². The number of carbonyl (C=O) groups is 3. The number of nitrogens with zero attached hydrogens (tertiary/aromatic N) is 1. The van der Waals surface area contributed by atoms with Crippen LogP contribution in [0.4, 0.5) is 11.4 Å². The Morgan fingerprint density at radius 2 is 1.69 bits per heavy atom. The number of likely N-dealkylation sites (tertiary alicyclic amines) is 1. The summed E-state index contributed by atoms with van der Waals surface area (Å²) in [5, 5.41) is 16.9. The van der Waals surface area contributed by atoms with E-state index in [0.717, 1.165) is 0 Å². The van der Waals surface area contributed by atoms with Crippen LogP contribution in [0, 0.1) is 23.7 Å². The predicted molar refractivity (Wildman–Crippen MR) is 160 cm³/mol. The number of carbonyl (C=O) groups excluding carboxylic acids is 3. The van der Waals surface area contributed by atoms with Crippen LogP contribution in [0.2, 0.25) is 5.02 Å². The normalized spacial score (nSPS) is 30.4. The number of benzene rings is 2. The Morgan fingerprint density at radius 3 is 2.26 bits per heavy atom. The van der Waals surface area contributed by atoms with Gasteiger partial charge in [0, 0.05) is 16.4 Å². The molecule has 2 aromatic rings. The molecule has 3 amide bonds. The molecule has 3 N–H and O–H groups in total. The fourth-order valence-electron chi connectivity index (χ4n) is 7.35. The van der Waals surface area contributed by atoms with Crippen LogP contribution in [0.3, 0.4) is 0 Å². The van der Waals surface area contributed by atoms with E-state index in [1.54, 1.807) is 48.5 Å². The average Bonchev–Trinajstić information content (AvgIpc) is 3.46. The molecule has 3 unspecified atom stereocenters. The van der Waals surface area contributed by atoms with Crippen LogP contribution in [-0.2, 0) is 19.1 Å². The van der Waals surface area contributed by atoms with Crippen molar-refractivity contribution >= 4 is 40.7 Å². The third kappa shape index (κ3) is 5.05. The van der Waals surface area contributed by atoms with Crippen molar-refractivity contribution in [3.05, 3.63) is 53.6 Å². The molecule has 3 fully saturated rings. The van der Waals surface area contributed by atoms with Crippen LogP contribution >= 0.6 is 11.6 Å². The van der Waals surface area contributed by atoms with Gasteiger partial charge in [-0.1, -0.05) is 32.4 Å². The Kier molecular flexibility index (Phi) is 8.31. The molecule has 1 spiro atoms. The van der Waals surface area contributed by atoms with Crippen molar-refractivity contribution in [2.45, 2.75) is 70.7 Å². The molecule has 7 atom stereocenters. The van der Waals surface area contributed by atoms with Crippen molar-refractivity contribution in [2.24, 2.45) is 23.7 Å². The molecule has 2 aromatic carbocycles. The minimum atomic E-state index is -1.23. The SMILES string of the molecule is CCOc1ccc(NC(=O)[C@@H]2[C@H]3C(=O)N([C@@H](CO)CC(C)C)C(C(=O)Nc4ccc(Cl)cc4)C34CC(C)[C@@]2(C)O4)cc1. The zero-order valence-electron chi connectivity index (χ0n) is 24.7. The lowest BCUT2D eigenvalue weighted by Crippen LogP contribution is -2.56. The highest BCUT2D eigenvalue weighted by atomic mass is 35.5. The first-order valence-electron chi connectivity index (χ1n) is 14.7. The summed E-state index contributed by atoms with van der Waals surface area (Å²) in [7, 11) is 0. The Labute approximate surface area is 251 Å². The van der Waals surface area contributed by atoms with Crippen molar-refractivity contribution in [1.29, 1.82) is 0 Å². The summed E-state index contributed by atoms with van der Waals surface area (Å²) in [4.78, 5) is 44.1. The largest absolute Gasteiger partial charge is 0.494 e. The van der Waals surface area contributed by atoms with Crippen molar-refractivity contribution in [3.8, 4) is 5.75 Å². The van der Waals surface area contributed by atoms with Crippen LogP contribution in [0.15, 0.2) is 48.5 Å². The number of anilines is 2. The quantitative estimate of drug-likeness (QED) is 0.364. The van der Waals surface area contributed by atoms with E-state index in [1.807, 2.05) is 34.6 Å². The number of rotatable bonds is 10. The molecule has 42 heavy (non-hydrogen) atoms. The first-order chi connectivity index (χ1) is 19.9. The standard InChI is InChI=1S/C32H40ClN3O6/c1-6-41-24-13-11-22(12-14-24)34-28(38)25-26-30(40)36(23(17-37)15-18(2)3)27(32(26)16-19(4)31(25,5)42-32)29(39)35-21-9-7-20(33)8-10-21/h7-14,18-19,23,25-27,37H,6,15-17H2,1-5H3,(H,34,38)(H,35,39)/t19?,23-,25+,26+,27?,31-,32?/m1/s1. The molecule has 5 rings (SSSR count). The Bertz CT molecular complexity index is 1330. The summed E-state index contributed by atoms with van der Waals surface area (Å²) in [6, 6.07) is 12.2. The second-order valence-electron chi connectivity index (χ2n) is 12.4. The molecule has 2 bridgehead atoms. The number of nitrogens with one attached hydrogen (secondary N) is 2. The van der Waals surface area contributed by atoms with Crippen LogP contribution < -0.4 is 15.4 Å². The molecule has 10 heteroatoms. The maximum Gasteiger partial charge on any atom is 0.250 e. The lowest BCUT2D eigenvalue weighted by Gasteiger charge is -2.37. The fraction of sp³-hybridized carbons (Fsp3) is 0.531. The minimum absolute atomic E-state index is 0.110. The topological polar surface area (TPSA) is 117 Å². The summed E-state index contributed by atoms with van der Waals surface area (Å²) >= 11 is 6.05. The van der Waals surface area contributed by atoms with Gasteiger partial charge >= 0.3 is 0 Å².